The smallest absolute Gasteiger partial charge is 0.0965 e. The Hall–Kier alpha value is -2.35. The van der Waals surface area contributed by atoms with E-state index in [9.17, 15) is 0 Å². The van der Waals surface area contributed by atoms with Gasteiger partial charge < -0.3 is 4.98 Å². The van der Waals surface area contributed by atoms with Gasteiger partial charge in [0.1, 0.15) is 0 Å². The van der Waals surface area contributed by atoms with E-state index in [0.717, 1.165) is 22.1 Å². The van der Waals surface area contributed by atoms with Gasteiger partial charge in [0.15, 0.2) is 0 Å². The standard InChI is InChI=1S/C16H12N2/c1-10-6-7-11-9-15-16(18-14(11)8-10)12-4-2-3-5-13(12)17-15/h2-9,17H,1H3. The average Bonchev–Trinajstić information content (AvgIpc) is 2.74. The molecular weight excluding hydrogens is 220 g/mol. The molecule has 86 valence electrons. The van der Waals surface area contributed by atoms with Crippen molar-refractivity contribution in [2.75, 3.05) is 0 Å². The van der Waals surface area contributed by atoms with Crippen molar-refractivity contribution in [3.63, 3.8) is 0 Å². The van der Waals surface area contributed by atoms with E-state index in [4.69, 9.17) is 4.98 Å². The first-order valence-electron chi connectivity index (χ1n) is 6.09. The summed E-state index contributed by atoms with van der Waals surface area (Å²) in [4.78, 5) is 8.22. The van der Waals surface area contributed by atoms with Crippen LogP contribution in [0.5, 0.6) is 0 Å². The minimum atomic E-state index is 1.06. The number of fused-ring (bicyclic) bond motifs is 4. The number of hydrogen-bond acceptors (Lipinski definition) is 1. The summed E-state index contributed by atoms with van der Waals surface area (Å²) in [5, 5.41) is 2.37. The third kappa shape index (κ3) is 1.26. The van der Waals surface area contributed by atoms with Gasteiger partial charge >= 0.3 is 0 Å². The summed E-state index contributed by atoms with van der Waals surface area (Å²) >= 11 is 0. The summed E-state index contributed by atoms with van der Waals surface area (Å²) in [5.41, 5.74) is 5.62. The van der Waals surface area contributed by atoms with Crippen molar-refractivity contribution in [3.8, 4) is 0 Å². The number of aromatic amines is 1. The number of aryl methyl sites for hydroxylation is 1. The fourth-order valence-electron chi connectivity index (χ4n) is 2.52. The largest absolute Gasteiger partial charge is 0.353 e. The normalized spacial score (nSPS) is 11.6. The van der Waals surface area contributed by atoms with E-state index in [0.29, 0.717) is 0 Å². The fraction of sp³-hybridized carbons (Fsp3) is 0.0625. The van der Waals surface area contributed by atoms with Crippen LogP contribution in [0.4, 0.5) is 0 Å². The van der Waals surface area contributed by atoms with Gasteiger partial charge in [-0.1, -0.05) is 30.3 Å². The molecule has 0 aliphatic carbocycles. The van der Waals surface area contributed by atoms with Gasteiger partial charge in [-0.15, -0.1) is 0 Å². The molecule has 2 nitrogen and oxygen atoms in total. The number of aromatic nitrogens is 2. The zero-order chi connectivity index (χ0) is 12.1. The third-order valence-electron chi connectivity index (χ3n) is 3.42. The average molecular weight is 232 g/mol. The number of pyridine rings is 1. The Balaban J connectivity index is 2.24. The Bertz CT molecular complexity index is 887. The molecule has 2 aromatic heterocycles. The highest BCUT2D eigenvalue weighted by molar-refractivity contribution is 6.08. The number of para-hydroxylation sites is 1. The molecule has 0 radical (unpaired) electrons. The predicted molar refractivity (Wildman–Crippen MR) is 75.8 cm³/mol. The zero-order valence-corrected chi connectivity index (χ0v) is 10.1. The van der Waals surface area contributed by atoms with Crippen molar-refractivity contribution in [2.45, 2.75) is 6.92 Å². The molecule has 2 heteroatoms. The molecule has 1 N–H and O–H groups in total. The molecule has 0 atom stereocenters. The topological polar surface area (TPSA) is 28.7 Å². The number of hydrogen-bond donors (Lipinski definition) is 1. The summed E-state index contributed by atoms with van der Waals surface area (Å²) < 4.78 is 0. The second-order valence-corrected chi connectivity index (χ2v) is 4.75. The van der Waals surface area contributed by atoms with Gasteiger partial charge in [-0.3, -0.25) is 0 Å². The van der Waals surface area contributed by atoms with Crippen LogP contribution >= 0.6 is 0 Å². The van der Waals surface area contributed by atoms with Gasteiger partial charge in [0.2, 0.25) is 0 Å². The second kappa shape index (κ2) is 3.33. The molecule has 0 spiro atoms. The number of benzene rings is 2. The molecule has 4 aromatic rings. The molecule has 0 saturated carbocycles. The summed E-state index contributed by atoms with van der Waals surface area (Å²) in [6, 6.07) is 16.9. The SMILES string of the molecule is Cc1ccc2cc3[nH]c4ccccc4c3nc2c1. The Labute approximate surface area is 104 Å². The van der Waals surface area contributed by atoms with Crippen molar-refractivity contribution in [2.24, 2.45) is 0 Å². The maximum atomic E-state index is 4.80. The van der Waals surface area contributed by atoms with Gasteiger partial charge in [-0.2, -0.15) is 0 Å². The predicted octanol–water partition coefficient (Wildman–Crippen LogP) is 4.18. The van der Waals surface area contributed by atoms with Crippen molar-refractivity contribution in [3.05, 3.63) is 54.1 Å². The van der Waals surface area contributed by atoms with Gasteiger partial charge in [-0.05, 0) is 30.7 Å². The first-order chi connectivity index (χ1) is 8.81. The first kappa shape index (κ1) is 9.66. The lowest BCUT2D eigenvalue weighted by Gasteiger charge is -1.99. The van der Waals surface area contributed by atoms with E-state index in [1.807, 2.05) is 6.07 Å². The first-order valence-corrected chi connectivity index (χ1v) is 6.09. The van der Waals surface area contributed by atoms with Crippen LogP contribution in [0.1, 0.15) is 5.56 Å². The Morgan fingerprint density at radius 1 is 0.944 bits per heavy atom. The van der Waals surface area contributed by atoms with Crippen LogP contribution in [-0.4, -0.2) is 9.97 Å². The molecule has 0 unspecified atom stereocenters. The molecule has 2 aromatic carbocycles. The van der Waals surface area contributed by atoms with Crippen LogP contribution in [0.25, 0.3) is 32.8 Å². The molecule has 0 amide bonds. The monoisotopic (exact) mass is 232 g/mol. The van der Waals surface area contributed by atoms with E-state index < -0.39 is 0 Å². The maximum Gasteiger partial charge on any atom is 0.0965 e. The summed E-state index contributed by atoms with van der Waals surface area (Å²) in [6.45, 7) is 2.10. The lowest BCUT2D eigenvalue weighted by Crippen LogP contribution is -1.81. The Morgan fingerprint density at radius 3 is 2.78 bits per heavy atom. The van der Waals surface area contributed by atoms with Crippen LogP contribution in [0, 0.1) is 6.92 Å². The molecule has 2 heterocycles. The number of rotatable bonds is 0. The van der Waals surface area contributed by atoms with Crippen LogP contribution in [0.2, 0.25) is 0 Å². The third-order valence-corrected chi connectivity index (χ3v) is 3.42. The molecule has 0 bridgehead atoms. The number of nitrogens with one attached hydrogen (secondary N) is 1. The minimum absolute atomic E-state index is 1.06. The zero-order valence-electron chi connectivity index (χ0n) is 10.1. The van der Waals surface area contributed by atoms with E-state index in [1.165, 1.54) is 16.3 Å². The van der Waals surface area contributed by atoms with Gasteiger partial charge in [0.05, 0.1) is 16.6 Å². The molecular formula is C16H12N2. The Kier molecular flexibility index (Phi) is 1.78. The molecule has 0 fully saturated rings. The molecule has 0 saturated heterocycles. The lowest BCUT2D eigenvalue weighted by molar-refractivity contribution is 1.44. The van der Waals surface area contributed by atoms with Crippen LogP contribution in [0.3, 0.4) is 0 Å². The number of H-pyrrole nitrogens is 1. The van der Waals surface area contributed by atoms with Crippen molar-refractivity contribution in [1.82, 2.24) is 9.97 Å². The molecule has 4 rings (SSSR count). The quantitative estimate of drug-likeness (QED) is 0.484. The summed E-state index contributed by atoms with van der Waals surface area (Å²) in [6.07, 6.45) is 0. The molecule has 0 aliphatic rings. The van der Waals surface area contributed by atoms with Crippen molar-refractivity contribution < 1.29 is 0 Å². The van der Waals surface area contributed by atoms with E-state index in [1.54, 1.807) is 0 Å². The highest BCUT2D eigenvalue weighted by atomic mass is 14.8. The minimum Gasteiger partial charge on any atom is -0.353 e. The summed E-state index contributed by atoms with van der Waals surface area (Å²) in [7, 11) is 0. The second-order valence-electron chi connectivity index (χ2n) is 4.75. The van der Waals surface area contributed by atoms with Crippen molar-refractivity contribution in [1.29, 1.82) is 0 Å². The van der Waals surface area contributed by atoms with Crippen LogP contribution in [-0.2, 0) is 0 Å². The molecule has 18 heavy (non-hydrogen) atoms. The van der Waals surface area contributed by atoms with E-state index >= 15 is 0 Å². The van der Waals surface area contributed by atoms with Crippen molar-refractivity contribution >= 4 is 32.8 Å². The highest BCUT2D eigenvalue weighted by Crippen LogP contribution is 2.26. The Morgan fingerprint density at radius 2 is 1.83 bits per heavy atom. The number of nitrogens with zero attached hydrogens (tertiary/aromatic N) is 1. The van der Waals surface area contributed by atoms with Gasteiger partial charge in [0.25, 0.3) is 0 Å². The lowest BCUT2D eigenvalue weighted by atomic mass is 10.1. The maximum absolute atomic E-state index is 4.80. The van der Waals surface area contributed by atoms with Gasteiger partial charge in [0, 0.05) is 16.3 Å². The fourth-order valence-corrected chi connectivity index (χ4v) is 2.52. The van der Waals surface area contributed by atoms with E-state index in [2.05, 4.69) is 54.4 Å². The summed E-state index contributed by atoms with van der Waals surface area (Å²) in [5.74, 6) is 0. The van der Waals surface area contributed by atoms with E-state index in [-0.39, 0.29) is 0 Å². The van der Waals surface area contributed by atoms with Crippen LogP contribution in [0.15, 0.2) is 48.5 Å². The molecule has 0 aliphatic heterocycles. The highest BCUT2D eigenvalue weighted by Gasteiger charge is 2.06. The van der Waals surface area contributed by atoms with Gasteiger partial charge in [-0.25, -0.2) is 4.98 Å². The van der Waals surface area contributed by atoms with Crippen LogP contribution < -0.4 is 0 Å².